The number of rotatable bonds is 8. The summed E-state index contributed by atoms with van der Waals surface area (Å²) in [6.45, 7) is 4.27. The van der Waals surface area contributed by atoms with Crippen molar-refractivity contribution in [3.8, 4) is 0 Å². The second-order valence-corrected chi connectivity index (χ2v) is 6.73. The predicted octanol–water partition coefficient (Wildman–Crippen LogP) is 5.07. The summed E-state index contributed by atoms with van der Waals surface area (Å²) in [5.41, 5.74) is 0.923. The quantitative estimate of drug-likeness (QED) is 0.726. The van der Waals surface area contributed by atoms with Gasteiger partial charge in [-0.05, 0) is 49.9 Å². The largest absolute Gasteiger partial charge is 0.481 e. The molecule has 0 radical (unpaired) electrons. The number of aliphatic carboxylic acids is 1. The fourth-order valence-corrected chi connectivity index (χ4v) is 2.71. The first kappa shape index (κ1) is 18.5. The van der Waals surface area contributed by atoms with Crippen LogP contribution in [0.1, 0.15) is 37.8 Å². The molecule has 0 aliphatic carbocycles. The Morgan fingerprint density at radius 1 is 1.17 bits per heavy atom. The van der Waals surface area contributed by atoms with Gasteiger partial charge in [-0.2, -0.15) is 0 Å². The molecule has 0 fully saturated rings. The molecular formula is C20H23ClO3. The summed E-state index contributed by atoms with van der Waals surface area (Å²) in [6.07, 6.45) is 1.15. The van der Waals surface area contributed by atoms with E-state index in [1.807, 2.05) is 37.3 Å². The predicted molar refractivity (Wildman–Crippen MR) is 96.4 cm³/mol. The van der Waals surface area contributed by atoms with Crippen LogP contribution in [0.2, 0.25) is 5.02 Å². The van der Waals surface area contributed by atoms with Gasteiger partial charge < -0.3 is 9.84 Å². The second kappa shape index (κ2) is 8.32. The van der Waals surface area contributed by atoms with Crippen molar-refractivity contribution in [1.82, 2.24) is 0 Å². The van der Waals surface area contributed by atoms with E-state index in [9.17, 15) is 9.90 Å². The summed E-state index contributed by atoms with van der Waals surface area (Å²) >= 11 is 5.90. The van der Waals surface area contributed by atoms with Gasteiger partial charge in [0.15, 0.2) is 0 Å². The molecule has 0 aliphatic heterocycles. The average Bonchev–Trinajstić information content (AvgIpc) is 2.59. The van der Waals surface area contributed by atoms with Crippen LogP contribution in [0.15, 0.2) is 54.6 Å². The van der Waals surface area contributed by atoms with E-state index in [-0.39, 0.29) is 6.10 Å². The lowest BCUT2D eigenvalue weighted by molar-refractivity contribution is -0.143. The molecule has 2 unspecified atom stereocenters. The minimum Gasteiger partial charge on any atom is -0.481 e. The van der Waals surface area contributed by atoms with Crippen molar-refractivity contribution in [1.29, 1.82) is 0 Å². The molecule has 0 spiro atoms. The number of hydrogen-bond acceptors (Lipinski definition) is 2. The maximum Gasteiger partial charge on any atom is 0.313 e. The molecule has 4 heteroatoms. The van der Waals surface area contributed by atoms with Crippen LogP contribution in [-0.2, 0) is 21.6 Å². The summed E-state index contributed by atoms with van der Waals surface area (Å²) in [5, 5.41) is 10.3. The van der Waals surface area contributed by atoms with Crippen LogP contribution < -0.4 is 0 Å². The molecule has 0 saturated heterocycles. The topological polar surface area (TPSA) is 46.5 Å². The van der Waals surface area contributed by atoms with E-state index in [0.717, 1.165) is 11.1 Å². The van der Waals surface area contributed by atoms with Crippen LogP contribution in [0.5, 0.6) is 0 Å². The van der Waals surface area contributed by atoms with Gasteiger partial charge in [-0.1, -0.05) is 54.1 Å². The number of halogens is 1. The van der Waals surface area contributed by atoms with Crippen LogP contribution in [0, 0.1) is 0 Å². The smallest absolute Gasteiger partial charge is 0.313 e. The molecule has 2 aromatic rings. The number of carboxylic acids is 1. The summed E-state index contributed by atoms with van der Waals surface area (Å²) in [7, 11) is 0. The molecule has 3 nitrogen and oxygen atoms in total. The highest BCUT2D eigenvalue weighted by molar-refractivity contribution is 6.30. The average molecular weight is 347 g/mol. The van der Waals surface area contributed by atoms with Crippen LogP contribution in [0.25, 0.3) is 0 Å². The Labute approximate surface area is 148 Å². The minimum absolute atomic E-state index is 0.0174. The van der Waals surface area contributed by atoms with Crippen molar-refractivity contribution >= 4 is 17.6 Å². The SMILES string of the molecule is CC(CCC(C)(C(=O)O)c1ccc(Cl)cc1)OCc1ccccc1. The van der Waals surface area contributed by atoms with Crippen molar-refractivity contribution in [3.05, 3.63) is 70.7 Å². The molecule has 1 N–H and O–H groups in total. The lowest BCUT2D eigenvalue weighted by Gasteiger charge is -2.27. The van der Waals surface area contributed by atoms with Gasteiger partial charge in [0.05, 0.1) is 18.1 Å². The van der Waals surface area contributed by atoms with E-state index in [0.29, 0.717) is 24.5 Å². The Kier molecular flexibility index (Phi) is 6.41. The van der Waals surface area contributed by atoms with Crippen molar-refractivity contribution in [3.63, 3.8) is 0 Å². The molecule has 0 bridgehead atoms. The first-order valence-corrected chi connectivity index (χ1v) is 8.44. The zero-order valence-electron chi connectivity index (χ0n) is 14.0. The van der Waals surface area contributed by atoms with E-state index in [2.05, 4.69) is 0 Å². The summed E-state index contributed by atoms with van der Waals surface area (Å²) < 4.78 is 5.84. The van der Waals surface area contributed by atoms with E-state index in [1.54, 1.807) is 31.2 Å². The van der Waals surface area contributed by atoms with Crippen molar-refractivity contribution in [2.24, 2.45) is 0 Å². The van der Waals surface area contributed by atoms with E-state index in [4.69, 9.17) is 16.3 Å². The third-order valence-electron chi connectivity index (χ3n) is 4.38. The van der Waals surface area contributed by atoms with Gasteiger partial charge in [-0.25, -0.2) is 0 Å². The van der Waals surface area contributed by atoms with Crippen LogP contribution in [0.3, 0.4) is 0 Å². The van der Waals surface area contributed by atoms with Crippen molar-refractivity contribution < 1.29 is 14.6 Å². The van der Waals surface area contributed by atoms with Crippen molar-refractivity contribution in [2.45, 2.75) is 44.8 Å². The molecule has 2 aromatic carbocycles. The maximum absolute atomic E-state index is 11.8. The molecule has 0 saturated carbocycles. The van der Waals surface area contributed by atoms with E-state index >= 15 is 0 Å². The molecule has 2 atom stereocenters. The fourth-order valence-electron chi connectivity index (χ4n) is 2.58. The van der Waals surface area contributed by atoms with Gasteiger partial charge in [0.25, 0.3) is 0 Å². The standard InChI is InChI=1S/C20H23ClO3/c1-15(24-14-16-6-4-3-5-7-16)12-13-20(2,19(22)23)17-8-10-18(21)11-9-17/h3-11,15H,12-14H2,1-2H3,(H,22,23). The first-order valence-electron chi connectivity index (χ1n) is 8.07. The number of benzene rings is 2. The first-order chi connectivity index (χ1) is 11.4. The van der Waals surface area contributed by atoms with Gasteiger partial charge >= 0.3 is 5.97 Å². The zero-order valence-corrected chi connectivity index (χ0v) is 14.8. The Hall–Kier alpha value is -1.84. The third kappa shape index (κ3) is 4.83. The molecule has 0 heterocycles. The Morgan fingerprint density at radius 2 is 1.79 bits per heavy atom. The summed E-state index contributed by atoms with van der Waals surface area (Å²) in [4.78, 5) is 11.8. The van der Waals surface area contributed by atoms with Crippen LogP contribution >= 0.6 is 11.6 Å². The fraction of sp³-hybridized carbons (Fsp3) is 0.350. The molecular weight excluding hydrogens is 324 g/mol. The highest BCUT2D eigenvalue weighted by atomic mass is 35.5. The highest BCUT2D eigenvalue weighted by Gasteiger charge is 2.35. The van der Waals surface area contributed by atoms with Gasteiger partial charge in [-0.15, -0.1) is 0 Å². The van der Waals surface area contributed by atoms with Crippen molar-refractivity contribution in [2.75, 3.05) is 0 Å². The monoisotopic (exact) mass is 346 g/mol. The number of carboxylic acid groups (broad SMARTS) is 1. The maximum atomic E-state index is 11.8. The normalized spacial score (nSPS) is 14.8. The number of ether oxygens (including phenoxy) is 1. The summed E-state index contributed by atoms with van der Waals surface area (Å²) in [5.74, 6) is -0.833. The molecule has 2 rings (SSSR count). The molecule has 0 amide bonds. The van der Waals surface area contributed by atoms with Gasteiger partial charge in [0, 0.05) is 5.02 Å². The lowest BCUT2D eigenvalue weighted by Crippen LogP contribution is -2.33. The molecule has 0 aliphatic rings. The molecule has 0 aromatic heterocycles. The highest BCUT2D eigenvalue weighted by Crippen LogP contribution is 2.31. The minimum atomic E-state index is -0.949. The van der Waals surface area contributed by atoms with Gasteiger partial charge in [0.2, 0.25) is 0 Å². The van der Waals surface area contributed by atoms with Crippen LogP contribution in [-0.4, -0.2) is 17.2 Å². The van der Waals surface area contributed by atoms with Gasteiger partial charge in [-0.3, -0.25) is 4.79 Å². The second-order valence-electron chi connectivity index (χ2n) is 6.29. The Bertz CT molecular complexity index is 654. The number of hydrogen-bond donors (Lipinski definition) is 1. The molecule has 128 valence electrons. The Balaban J connectivity index is 1.95. The zero-order chi connectivity index (χ0) is 17.6. The van der Waals surface area contributed by atoms with E-state index < -0.39 is 11.4 Å². The third-order valence-corrected chi connectivity index (χ3v) is 4.63. The van der Waals surface area contributed by atoms with Crippen LogP contribution in [0.4, 0.5) is 0 Å². The lowest BCUT2D eigenvalue weighted by atomic mass is 9.78. The Morgan fingerprint density at radius 3 is 2.38 bits per heavy atom. The number of carbonyl (C=O) groups is 1. The molecule has 24 heavy (non-hydrogen) atoms. The van der Waals surface area contributed by atoms with Gasteiger partial charge in [0.1, 0.15) is 0 Å². The summed E-state index contributed by atoms with van der Waals surface area (Å²) in [6, 6.07) is 17.0. The van der Waals surface area contributed by atoms with E-state index in [1.165, 1.54) is 0 Å².